The van der Waals surface area contributed by atoms with E-state index in [1.807, 2.05) is 18.3 Å². The van der Waals surface area contributed by atoms with Crippen LogP contribution in [0.15, 0.2) is 22.8 Å². The minimum absolute atomic E-state index is 0.105. The van der Waals surface area contributed by atoms with Crippen LogP contribution in [-0.2, 0) is 4.79 Å². The highest BCUT2D eigenvalue weighted by Gasteiger charge is 2.28. The predicted molar refractivity (Wildman–Crippen MR) is 82.6 cm³/mol. The Labute approximate surface area is 128 Å². The van der Waals surface area contributed by atoms with Gasteiger partial charge in [-0.25, -0.2) is 4.98 Å². The zero-order valence-electron chi connectivity index (χ0n) is 11.5. The molecular formula is C15H20BrN3O. The lowest BCUT2D eigenvalue weighted by Crippen LogP contribution is -2.43. The Hall–Kier alpha value is -1.10. The molecule has 20 heavy (non-hydrogen) atoms. The Balaban J connectivity index is 1.57. The Morgan fingerprint density at radius 3 is 2.95 bits per heavy atom. The number of nitrogens with one attached hydrogen (secondary N) is 1. The molecule has 0 spiro atoms. The van der Waals surface area contributed by atoms with Crippen molar-refractivity contribution in [2.75, 3.05) is 24.5 Å². The molecule has 0 aromatic carbocycles. The fourth-order valence-electron chi connectivity index (χ4n) is 2.67. The first kappa shape index (κ1) is 13.9. The molecule has 1 aromatic rings. The molecule has 2 fully saturated rings. The Bertz CT molecular complexity index is 473. The maximum Gasteiger partial charge on any atom is 0.224 e. The SMILES string of the molecule is O=C(NCC1CC1)C1CCCN(c2ccc(Br)cn2)C1. The summed E-state index contributed by atoms with van der Waals surface area (Å²) in [5.74, 6) is 2.03. The van der Waals surface area contributed by atoms with Gasteiger partial charge in [0.05, 0.1) is 5.92 Å². The molecule has 1 saturated carbocycles. The zero-order valence-corrected chi connectivity index (χ0v) is 13.1. The van der Waals surface area contributed by atoms with Gasteiger partial charge in [-0.3, -0.25) is 4.79 Å². The fourth-order valence-corrected chi connectivity index (χ4v) is 2.90. The number of halogens is 1. The predicted octanol–water partition coefficient (Wildman–Crippen LogP) is 2.59. The van der Waals surface area contributed by atoms with Gasteiger partial charge in [-0.1, -0.05) is 0 Å². The number of pyridine rings is 1. The number of carbonyl (C=O) groups excluding carboxylic acids is 1. The number of hydrogen-bond acceptors (Lipinski definition) is 3. The molecule has 1 atom stereocenters. The summed E-state index contributed by atoms with van der Waals surface area (Å²) in [6, 6.07) is 4.01. The number of rotatable bonds is 4. The van der Waals surface area contributed by atoms with Gasteiger partial charge in [0.1, 0.15) is 5.82 Å². The Morgan fingerprint density at radius 1 is 1.40 bits per heavy atom. The molecule has 1 aromatic heterocycles. The van der Waals surface area contributed by atoms with E-state index in [4.69, 9.17) is 0 Å². The normalized spacial score (nSPS) is 22.6. The summed E-state index contributed by atoms with van der Waals surface area (Å²) >= 11 is 3.40. The molecule has 1 saturated heterocycles. The largest absolute Gasteiger partial charge is 0.356 e. The summed E-state index contributed by atoms with van der Waals surface area (Å²) in [6.45, 7) is 2.64. The topological polar surface area (TPSA) is 45.2 Å². The number of aromatic nitrogens is 1. The van der Waals surface area contributed by atoms with Crippen molar-refractivity contribution in [2.24, 2.45) is 11.8 Å². The van der Waals surface area contributed by atoms with E-state index in [1.54, 1.807) is 0 Å². The molecule has 1 aliphatic heterocycles. The monoisotopic (exact) mass is 337 g/mol. The molecular weight excluding hydrogens is 318 g/mol. The molecule has 1 aliphatic carbocycles. The zero-order chi connectivity index (χ0) is 13.9. The molecule has 1 unspecified atom stereocenters. The molecule has 1 amide bonds. The Kier molecular flexibility index (Phi) is 4.24. The van der Waals surface area contributed by atoms with Gasteiger partial charge in [-0.05, 0) is 59.7 Å². The van der Waals surface area contributed by atoms with Crippen LogP contribution in [0.5, 0.6) is 0 Å². The maximum absolute atomic E-state index is 12.2. The van der Waals surface area contributed by atoms with Crippen molar-refractivity contribution in [1.82, 2.24) is 10.3 Å². The molecule has 108 valence electrons. The average molecular weight is 338 g/mol. The van der Waals surface area contributed by atoms with Gasteiger partial charge < -0.3 is 10.2 Å². The van der Waals surface area contributed by atoms with Gasteiger partial charge in [-0.15, -0.1) is 0 Å². The third kappa shape index (κ3) is 3.51. The van der Waals surface area contributed by atoms with Crippen LogP contribution >= 0.6 is 15.9 Å². The molecule has 2 aliphatic rings. The summed E-state index contributed by atoms with van der Waals surface area (Å²) < 4.78 is 0.983. The highest BCUT2D eigenvalue weighted by atomic mass is 79.9. The smallest absolute Gasteiger partial charge is 0.224 e. The highest BCUT2D eigenvalue weighted by Crippen LogP contribution is 2.28. The molecule has 5 heteroatoms. The van der Waals surface area contributed by atoms with Gasteiger partial charge in [0, 0.05) is 30.3 Å². The van der Waals surface area contributed by atoms with E-state index in [0.717, 1.165) is 48.7 Å². The summed E-state index contributed by atoms with van der Waals surface area (Å²) in [5.41, 5.74) is 0. The van der Waals surface area contributed by atoms with Crippen molar-refractivity contribution in [2.45, 2.75) is 25.7 Å². The van der Waals surface area contributed by atoms with E-state index < -0.39 is 0 Å². The summed E-state index contributed by atoms with van der Waals surface area (Å²) in [5, 5.41) is 3.10. The minimum atomic E-state index is 0.105. The number of carbonyl (C=O) groups is 1. The second-order valence-electron chi connectivity index (χ2n) is 5.81. The Morgan fingerprint density at radius 2 is 2.25 bits per heavy atom. The van der Waals surface area contributed by atoms with E-state index in [0.29, 0.717) is 0 Å². The van der Waals surface area contributed by atoms with Crippen LogP contribution in [0, 0.1) is 11.8 Å². The first-order chi connectivity index (χ1) is 9.72. The van der Waals surface area contributed by atoms with E-state index in [9.17, 15) is 4.79 Å². The second-order valence-corrected chi connectivity index (χ2v) is 6.72. The van der Waals surface area contributed by atoms with Crippen molar-refractivity contribution < 1.29 is 4.79 Å². The van der Waals surface area contributed by atoms with Crippen molar-refractivity contribution >= 4 is 27.7 Å². The van der Waals surface area contributed by atoms with Gasteiger partial charge in [0.2, 0.25) is 5.91 Å². The summed E-state index contributed by atoms with van der Waals surface area (Å²) in [6.07, 6.45) is 6.41. The van der Waals surface area contributed by atoms with Gasteiger partial charge in [0.15, 0.2) is 0 Å². The number of anilines is 1. The van der Waals surface area contributed by atoms with Crippen LogP contribution < -0.4 is 10.2 Å². The van der Waals surface area contributed by atoms with Crippen molar-refractivity contribution in [3.63, 3.8) is 0 Å². The molecule has 3 rings (SSSR count). The van der Waals surface area contributed by atoms with Crippen LogP contribution in [0.3, 0.4) is 0 Å². The van der Waals surface area contributed by atoms with E-state index in [1.165, 1.54) is 12.8 Å². The van der Waals surface area contributed by atoms with Crippen LogP contribution in [0.25, 0.3) is 0 Å². The van der Waals surface area contributed by atoms with E-state index in [-0.39, 0.29) is 11.8 Å². The summed E-state index contributed by atoms with van der Waals surface area (Å²) in [4.78, 5) is 18.8. The van der Waals surface area contributed by atoms with Crippen LogP contribution in [0.2, 0.25) is 0 Å². The minimum Gasteiger partial charge on any atom is -0.356 e. The van der Waals surface area contributed by atoms with Crippen LogP contribution in [0.1, 0.15) is 25.7 Å². The lowest BCUT2D eigenvalue weighted by Gasteiger charge is -2.32. The quantitative estimate of drug-likeness (QED) is 0.918. The second kappa shape index (κ2) is 6.12. The van der Waals surface area contributed by atoms with Gasteiger partial charge in [-0.2, -0.15) is 0 Å². The standard InChI is InChI=1S/C15H20BrN3O/c16-13-5-6-14(17-9-13)19-7-1-2-12(10-19)15(20)18-8-11-3-4-11/h5-6,9,11-12H,1-4,7-8,10H2,(H,18,20). The van der Waals surface area contributed by atoms with Crippen molar-refractivity contribution in [3.8, 4) is 0 Å². The number of piperidine rings is 1. The third-order valence-electron chi connectivity index (χ3n) is 4.09. The molecule has 4 nitrogen and oxygen atoms in total. The lowest BCUT2D eigenvalue weighted by atomic mass is 9.97. The van der Waals surface area contributed by atoms with Crippen LogP contribution in [0.4, 0.5) is 5.82 Å². The molecule has 2 heterocycles. The average Bonchev–Trinajstić information content (AvgIpc) is 3.30. The summed E-state index contributed by atoms with van der Waals surface area (Å²) in [7, 11) is 0. The van der Waals surface area contributed by atoms with E-state index >= 15 is 0 Å². The van der Waals surface area contributed by atoms with Crippen LogP contribution in [-0.4, -0.2) is 30.5 Å². The number of hydrogen-bond donors (Lipinski definition) is 1. The first-order valence-corrected chi connectivity index (χ1v) is 8.16. The highest BCUT2D eigenvalue weighted by molar-refractivity contribution is 9.10. The van der Waals surface area contributed by atoms with Gasteiger partial charge in [0.25, 0.3) is 0 Å². The molecule has 0 radical (unpaired) electrons. The third-order valence-corrected chi connectivity index (χ3v) is 4.56. The first-order valence-electron chi connectivity index (χ1n) is 7.36. The number of amides is 1. The number of nitrogens with zero attached hydrogens (tertiary/aromatic N) is 2. The fraction of sp³-hybridized carbons (Fsp3) is 0.600. The maximum atomic E-state index is 12.2. The van der Waals surface area contributed by atoms with Crippen molar-refractivity contribution in [1.29, 1.82) is 0 Å². The molecule has 1 N–H and O–H groups in total. The van der Waals surface area contributed by atoms with Crippen molar-refractivity contribution in [3.05, 3.63) is 22.8 Å². The van der Waals surface area contributed by atoms with Gasteiger partial charge >= 0.3 is 0 Å². The lowest BCUT2D eigenvalue weighted by molar-refractivity contribution is -0.125. The van der Waals surface area contributed by atoms with E-state index in [2.05, 4.69) is 31.1 Å². The molecule has 0 bridgehead atoms.